The number of allylic oxidation sites excluding steroid dienone is 1. The van der Waals surface area contributed by atoms with Crippen LogP contribution in [0.25, 0.3) is 5.32 Å². The number of para-hydroxylation sites is 1. The Labute approximate surface area is 200 Å². The van der Waals surface area contributed by atoms with E-state index < -0.39 is 6.09 Å². The molecule has 1 unspecified atom stereocenters. The number of carbonyl (C=O) groups is 1. The normalized spacial score (nSPS) is 13.4. The molecule has 29 heavy (non-hydrogen) atoms. The molecule has 1 amide bonds. The Morgan fingerprint density at radius 3 is 2.07 bits per heavy atom. The largest absolute Gasteiger partial charge is 1.00 e. The second kappa shape index (κ2) is 15.6. The van der Waals surface area contributed by atoms with Gasteiger partial charge >= 0.3 is 18.9 Å². The van der Waals surface area contributed by atoms with Gasteiger partial charge in [0.25, 0.3) is 0 Å². The molecule has 1 aliphatic carbocycles. The number of ether oxygens (including phenoxy) is 1. The van der Waals surface area contributed by atoms with Crippen molar-refractivity contribution in [3.05, 3.63) is 77.6 Å². The average Bonchev–Trinajstić information content (AvgIpc) is 2.70. The van der Waals surface area contributed by atoms with Crippen molar-refractivity contribution in [2.45, 2.75) is 51.8 Å². The van der Waals surface area contributed by atoms with Crippen LogP contribution in [0, 0.1) is 0 Å². The Balaban J connectivity index is 0.000000610. The number of carbonyl (C=O) groups excluding carboxylic acids is 1. The van der Waals surface area contributed by atoms with E-state index in [0.717, 1.165) is 12.8 Å². The minimum absolute atomic E-state index is 0. The Hall–Kier alpha value is -1.22. The van der Waals surface area contributed by atoms with Gasteiger partial charge < -0.3 is 10.1 Å². The van der Waals surface area contributed by atoms with Crippen LogP contribution >= 0.6 is 0 Å². The molecule has 3 nitrogen and oxygen atoms in total. The van der Waals surface area contributed by atoms with Gasteiger partial charge in [-0.05, 0) is 38.2 Å². The minimum Gasteiger partial charge on any atom is -0.591 e. The first-order valence-electron chi connectivity index (χ1n) is 9.58. The zero-order chi connectivity index (χ0) is 19.5. The zero-order valence-electron chi connectivity index (χ0n) is 17.8. The third kappa shape index (κ3) is 10.9. The Bertz CT molecular complexity index is 726. The summed E-state index contributed by atoms with van der Waals surface area (Å²) in [5, 5.41) is 5.42. The Morgan fingerprint density at radius 2 is 1.59 bits per heavy atom. The summed E-state index contributed by atoms with van der Waals surface area (Å²) >= 11 is 0. The average molecular weight is 450 g/mol. The van der Waals surface area contributed by atoms with Gasteiger partial charge in [0.1, 0.15) is 6.10 Å². The topological polar surface area (TPSA) is 40.4 Å². The molecule has 0 bridgehead atoms. The fourth-order valence-electron chi connectivity index (χ4n) is 2.86. The van der Waals surface area contributed by atoms with Crippen molar-refractivity contribution in [3.63, 3.8) is 0 Å². The van der Waals surface area contributed by atoms with E-state index in [2.05, 4.69) is 54.8 Å². The predicted octanol–water partition coefficient (Wildman–Crippen LogP) is 3.37. The maximum absolute atomic E-state index is 11.6. The van der Waals surface area contributed by atoms with Gasteiger partial charge in [-0.3, -0.25) is 4.79 Å². The number of hydrogen-bond donors (Lipinski definition) is 0. The van der Waals surface area contributed by atoms with Crippen LogP contribution in [-0.4, -0.2) is 21.0 Å². The van der Waals surface area contributed by atoms with Crippen molar-refractivity contribution in [2.24, 2.45) is 0 Å². The molecule has 1 aliphatic rings. The molecule has 1 atom stereocenters. The van der Waals surface area contributed by atoms with Crippen molar-refractivity contribution in [3.8, 4) is 0 Å². The molecule has 154 valence electrons. The van der Waals surface area contributed by atoms with Gasteiger partial charge in [-0.15, -0.1) is 5.69 Å². The maximum atomic E-state index is 11.6. The summed E-state index contributed by atoms with van der Waals surface area (Å²) in [6.07, 6.45) is 6.05. The summed E-state index contributed by atoms with van der Waals surface area (Å²) in [7, 11) is -0.212. The third-order valence-electron chi connectivity index (χ3n) is 4.45. The van der Waals surface area contributed by atoms with E-state index in [1.54, 1.807) is 12.1 Å². The van der Waals surface area contributed by atoms with E-state index in [-0.39, 0.29) is 50.8 Å². The van der Waals surface area contributed by atoms with Crippen molar-refractivity contribution < 1.29 is 45.5 Å². The van der Waals surface area contributed by atoms with Gasteiger partial charge in [0, 0.05) is 17.1 Å². The first-order valence-corrected chi connectivity index (χ1v) is 12.1. The van der Waals surface area contributed by atoms with Crippen LogP contribution in [0.1, 0.15) is 32.6 Å². The van der Waals surface area contributed by atoms with Gasteiger partial charge in [0.2, 0.25) is 6.09 Å². The van der Waals surface area contributed by atoms with Crippen molar-refractivity contribution in [1.82, 2.24) is 0 Å². The molecule has 0 fully saturated rings. The first-order chi connectivity index (χ1) is 13.1. The maximum Gasteiger partial charge on any atom is 1.00 e. The standard InChI is InChI=1S/C15H19NO2.C8H11Si.Cu.Li/c1-12(13-8-4-2-5-9-13)18-15(17)16-14-10-6-3-7-11-14;1-9(2)8-6-4-3-5-7-8;;/h3,6-8,10-12H,2,4-5,9H2,1H3,(H,16,17);3-7H,1-2H3;;/q;;;+1/p-1. The van der Waals surface area contributed by atoms with E-state index in [1.165, 1.54) is 23.6 Å². The van der Waals surface area contributed by atoms with Gasteiger partial charge in [-0.1, -0.05) is 85.0 Å². The number of amides is 1. The van der Waals surface area contributed by atoms with Crippen molar-refractivity contribution >= 4 is 25.8 Å². The van der Waals surface area contributed by atoms with Crippen molar-refractivity contribution in [1.29, 1.82) is 0 Å². The van der Waals surface area contributed by atoms with Crippen LogP contribution in [0.3, 0.4) is 0 Å². The van der Waals surface area contributed by atoms with Gasteiger partial charge in [-0.25, -0.2) is 0 Å². The van der Waals surface area contributed by atoms with Crippen LogP contribution in [0.4, 0.5) is 10.5 Å². The van der Waals surface area contributed by atoms with Crippen LogP contribution in [0.15, 0.2) is 72.3 Å². The van der Waals surface area contributed by atoms with Gasteiger partial charge in [0.05, 0.1) is 8.80 Å². The number of hydrogen-bond acceptors (Lipinski definition) is 2. The molecule has 0 heterocycles. The molecule has 0 saturated carbocycles. The second-order valence-electron chi connectivity index (χ2n) is 6.86. The second-order valence-corrected chi connectivity index (χ2v) is 9.44. The summed E-state index contributed by atoms with van der Waals surface area (Å²) in [6, 6.07) is 19.8. The van der Waals surface area contributed by atoms with E-state index in [9.17, 15) is 4.79 Å². The number of benzene rings is 2. The molecule has 6 heteroatoms. The van der Waals surface area contributed by atoms with Gasteiger partial charge in [-0.2, -0.15) is 0 Å². The Morgan fingerprint density at radius 1 is 1.00 bits per heavy atom. The molecule has 0 aliphatic heterocycles. The summed E-state index contributed by atoms with van der Waals surface area (Å²) in [6.45, 7) is 6.52. The predicted molar refractivity (Wildman–Crippen MR) is 116 cm³/mol. The van der Waals surface area contributed by atoms with Crippen LogP contribution in [0.5, 0.6) is 0 Å². The fourth-order valence-corrected chi connectivity index (χ4v) is 3.72. The first kappa shape index (κ1) is 27.8. The van der Waals surface area contributed by atoms with Crippen LogP contribution in [-0.2, 0) is 21.8 Å². The zero-order valence-corrected chi connectivity index (χ0v) is 19.8. The summed E-state index contributed by atoms with van der Waals surface area (Å²) in [5.74, 6) is 0. The monoisotopic (exact) mass is 449 g/mol. The van der Waals surface area contributed by atoms with E-state index in [4.69, 9.17) is 4.74 Å². The Kier molecular flexibility index (Phi) is 14.9. The molecule has 0 saturated heterocycles. The van der Waals surface area contributed by atoms with Crippen LogP contribution in [0.2, 0.25) is 13.1 Å². The molecule has 2 aromatic carbocycles. The minimum atomic E-state index is -0.514. The SMILES string of the molecule is CC(OC(=O)[N-]c1ccccc1)C1=CCCCC1.C[Si](C)c1ccccc1.[Cu].[Li+]. The summed E-state index contributed by atoms with van der Waals surface area (Å²) < 4.78 is 5.32. The molecule has 0 spiro atoms. The molecular weight excluding hydrogens is 421 g/mol. The number of nitrogens with zero attached hydrogens (tertiary/aromatic N) is 1. The van der Waals surface area contributed by atoms with E-state index in [1.807, 2.05) is 25.1 Å². The third-order valence-corrected chi connectivity index (χ3v) is 5.94. The van der Waals surface area contributed by atoms with E-state index in [0.29, 0.717) is 5.69 Å². The molecule has 3 rings (SSSR count). The van der Waals surface area contributed by atoms with Gasteiger partial charge in [0.15, 0.2) is 0 Å². The fraction of sp³-hybridized carbons (Fsp3) is 0.348. The molecular formula is C23H29CuLiNO2Si. The molecule has 2 aromatic rings. The van der Waals surface area contributed by atoms with Crippen LogP contribution < -0.4 is 24.0 Å². The number of rotatable bonds is 4. The molecule has 0 aromatic heterocycles. The van der Waals surface area contributed by atoms with E-state index >= 15 is 0 Å². The smallest absolute Gasteiger partial charge is 0.591 e. The quantitative estimate of drug-likeness (QED) is 0.530. The molecule has 2 radical (unpaired) electrons. The van der Waals surface area contributed by atoms with Crippen molar-refractivity contribution in [2.75, 3.05) is 0 Å². The summed E-state index contributed by atoms with van der Waals surface area (Å²) in [5.41, 5.74) is 1.85. The summed E-state index contributed by atoms with van der Waals surface area (Å²) in [4.78, 5) is 11.6. The molecule has 0 N–H and O–H groups in total.